The predicted octanol–water partition coefficient (Wildman–Crippen LogP) is 2.69. The number of hydrogen-bond acceptors (Lipinski definition) is 2. The molecule has 76 valence electrons. The van der Waals surface area contributed by atoms with E-state index in [1.54, 1.807) is 0 Å². The molecule has 0 N–H and O–H groups in total. The molecule has 1 aliphatic heterocycles. The van der Waals surface area contributed by atoms with E-state index in [9.17, 15) is 0 Å². The van der Waals surface area contributed by atoms with Gasteiger partial charge in [-0.25, -0.2) is 0 Å². The standard InChI is InChI=1S/C12H18N2/c1-10-8-12(9-11(2)13-10)14-6-4-3-5-7-14/h8-9H,3-7H2,1-2H3. The molecular weight excluding hydrogens is 172 g/mol. The van der Waals surface area contributed by atoms with E-state index in [1.165, 1.54) is 38.0 Å². The van der Waals surface area contributed by atoms with Crippen molar-refractivity contribution in [1.82, 2.24) is 4.98 Å². The molecule has 0 aliphatic carbocycles. The van der Waals surface area contributed by atoms with Crippen molar-refractivity contribution in [2.45, 2.75) is 33.1 Å². The maximum absolute atomic E-state index is 4.40. The van der Waals surface area contributed by atoms with E-state index in [1.807, 2.05) is 0 Å². The summed E-state index contributed by atoms with van der Waals surface area (Å²) in [6.45, 7) is 6.56. The molecule has 1 aromatic heterocycles. The van der Waals surface area contributed by atoms with Gasteiger partial charge in [-0.15, -0.1) is 0 Å². The van der Waals surface area contributed by atoms with Crippen LogP contribution < -0.4 is 4.90 Å². The Morgan fingerprint density at radius 3 is 2.14 bits per heavy atom. The van der Waals surface area contributed by atoms with Gasteiger partial charge < -0.3 is 4.90 Å². The van der Waals surface area contributed by atoms with Crippen molar-refractivity contribution in [1.29, 1.82) is 0 Å². The van der Waals surface area contributed by atoms with Gasteiger partial charge in [0.2, 0.25) is 0 Å². The molecular formula is C12H18N2. The fourth-order valence-corrected chi connectivity index (χ4v) is 2.15. The average molecular weight is 190 g/mol. The summed E-state index contributed by atoms with van der Waals surface area (Å²) >= 11 is 0. The van der Waals surface area contributed by atoms with Crippen molar-refractivity contribution in [3.05, 3.63) is 23.5 Å². The van der Waals surface area contributed by atoms with Crippen molar-refractivity contribution >= 4 is 5.69 Å². The molecule has 0 bridgehead atoms. The Morgan fingerprint density at radius 1 is 1.00 bits per heavy atom. The maximum atomic E-state index is 4.40. The summed E-state index contributed by atoms with van der Waals surface area (Å²) in [6.07, 6.45) is 4.06. The van der Waals surface area contributed by atoms with Crippen molar-refractivity contribution in [3.63, 3.8) is 0 Å². The Bertz CT molecular complexity index is 294. The fraction of sp³-hybridized carbons (Fsp3) is 0.583. The van der Waals surface area contributed by atoms with Crippen molar-refractivity contribution in [2.75, 3.05) is 18.0 Å². The molecule has 0 saturated carbocycles. The van der Waals surface area contributed by atoms with Crippen LogP contribution in [0.2, 0.25) is 0 Å². The fourth-order valence-electron chi connectivity index (χ4n) is 2.15. The maximum Gasteiger partial charge on any atom is 0.0402 e. The zero-order valence-corrected chi connectivity index (χ0v) is 9.08. The molecule has 14 heavy (non-hydrogen) atoms. The first-order valence-electron chi connectivity index (χ1n) is 5.46. The number of nitrogens with zero attached hydrogens (tertiary/aromatic N) is 2. The van der Waals surface area contributed by atoms with Crippen LogP contribution in [0.4, 0.5) is 5.69 Å². The smallest absolute Gasteiger partial charge is 0.0402 e. The number of anilines is 1. The molecule has 2 heterocycles. The second kappa shape index (κ2) is 3.99. The van der Waals surface area contributed by atoms with Gasteiger partial charge in [0.15, 0.2) is 0 Å². The average Bonchev–Trinajstić information content (AvgIpc) is 2.18. The van der Waals surface area contributed by atoms with E-state index in [-0.39, 0.29) is 0 Å². The van der Waals surface area contributed by atoms with Crippen LogP contribution in [0.5, 0.6) is 0 Å². The number of hydrogen-bond donors (Lipinski definition) is 0. The summed E-state index contributed by atoms with van der Waals surface area (Å²) in [5, 5.41) is 0. The molecule has 1 aromatic rings. The summed E-state index contributed by atoms with van der Waals surface area (Å²) in [6, 6.07) is 4.39. The van der Waals surface area contributed by atoms with Crippen molar-refractivity contribution in [2.24, 2.45) is 0 Å². The topological polar surface area (TPSA) is 16.1 Å². The minimum Gasteiger partial charge on any atom is -0.371 e. The van der Waals surface area contributed by atoms with E-state index in [0.29, 0.717) is 0 Å². The van der Waals surface area contributed by atoms with Gasteiger partial charge in [-0.3, -0.25) is 4.98 Å². The number of aryl methyl sites for hydroxylation is 2. The van der Waals surface area contributed by atoms with Gasteiger partial charge >= 0.3 is 0 Å². The molecule has 2 heteroatoms. The van der Waals surface area contributed by atoms with E-state index < -0.39 is 0 Å². The molecule has 0 aromatic carbocycles. The van der Waals surface area contributed by atoms with E-state index in [0.717, 1.165) is 11.4 Å². The van der Waals surface area contributed by atoms with E-state index >= 15 is 0 Å². The minimum absolute atomic E-state index is 1.13. The van der Waals surface area contributed by atoms with Crippen LogP contribution >= 0.6 is 0 Å². The Labute approximate surface area is 86.0 Å². The van der Waals surface area contributed by atoms with E-state index in [4.69, 9.17) is 0 Å². The molecule has 1 fully saturated rings. The minimum atomic E-state index is 1.13. The van der Waals surface area contributed by atoms with Crippen molar-refractivity contribution in [3.8, 4) is 0 Å². The lowest BCUT2D eigenvalue weighted by atomic mass is 10.1. The molecule has 0 amide bonds. The molecule has 0 unspecified atom stereocenters. The number of aromatic nitrogens is 1. The summed E-state index contributed by atoms with van der Waals surface area (Å²) in [4.78, 5) is 6.88. The van der Waals surface area contributed by atoms with Crippen LogP contribution in [0, 0.1) is 13.8 Å². The van der Waals surface area contributed by atoms with Crippen LogP contribution in [0.1, 0.15) is 30.7 Å². The third-order valence-corrected chi connectivity index (χ3v) is 2.79. The molecule has 1 saturated heterocycles. The molecule has 0 radical (unpaired) electrons. The Morgan fingerprint density at radius 2 is 1.57 bits per heavy atom. The zero-order valence-electron chi connectivity index (χ0n) is 9.08. The molecule has 0 atom stereocenters. The van der Waals surface area contributed by atoms with Crippen molar-refractivity contribution < 1.29 is 0 Å². The third kappa shape index (κ3) is 2.06. The van der Waals surface area contributed by atoms with Gasteiger partial charge in [-0.1, -0.05) is 0 Å². The molecule has 0 spiro atoms. The lowest BCUT2D eigenvalue weighted by Crippen LogP contribution is -2.29. The third-order valence-electron chi connectivity index (χ3n) is 2.79. The summed E-state index contributed by atoms with van der Waals surface area (Å²) in [5.74, 6) is 0. The number of pyridine rings is 1. The zero-order chi connectivity index (χ0) is 9.97. The lowest BCUT2D eigenvalue weighted by molar-refractivity contribution is 0.577. The van der Waals surface area contributed by atoms with Gasteiger partial charge in [0.05, 0.1) is 0 Å². The number of piperidine rings is 1. The summed E-state index contributed by atoms with van der Waals surface area (Å²) in [5.41, 5.74) is 3.62. The second-order valence-electron chi connectivity index (χ2n) is 4.16. The molecule has 1 aliphatic rings. The Hall–Kier alpha value is -1.05. The summed E-state index contributed by atoms with van der Waals surface area (Å²) in [7, 11) is 0. The molecule has 2 rings (SSSR count). The SMILES string of the molecule is Cc1cc(N2CCCCC2)cc(C)n1. The van der Waals surface area contributed by atoms with Gasteiger partial charge in [0.1, 0.15) is 0 Å². The Balaban J connectivity index is 2.21. The van der Waals surface area contributed by atoms with Crippen LogP contribution in [-0.2, 0) is 0 Å². The monoisotopic (exact) mass is 190 g/mol. The second-order valence-corrected chi connectivity index (χ2v) is 4.16. The van der Waals surface area contributed by atoms with Gasteiger partial charge in [0, 0.05) is 30.2 Å². The van der Waals surface area contributed by atoms with Gasteiger partial charge in [0.25, 0.3) is 0 Å². The quantitative estimate of drug-likeness (QED) is 0.677. The van der Waals surface area contributed by atoms with Gasteiger partial charge in [-0.2, -0.15) is 0 Å². The first kappa shape index (κ1) is 9.50. The van der Waals surface area contributed by atoms with Crippen LogP contribution in [0.25, 0.3) is 0 Å². The van der Waals surface area contributed by atoms with E-state index in [2.05, 4.69) is 35.9 Å². The highest BCUT2D eigenvalue weighted by Crippen LogP contribution is 2.20. The lowest BCUT2D eigenvalue weighted by Gasteiger charge is -2.29. The van der Waals surface area contributed by atoms with Crippen LogP contribution in [0.3, 0.4) is 0 Å². The highest BCUT2D eigenvalue weighted by molar-refractivity contribution is 5.48. The number of rotatable bonds is 1. The first-order chi connectivity index (χ1) is 6.75. The van der Waals surface area contributed by atoms with Crippen LogP contribution in [0.15, 0.2) is 12.1 Å². The summed E-state index contributed by atoms with van der Waals surface area (Å²) < 4.78 is 0. The largest absolute Gasteiger partial charge is 0.371 e. The van der Waals surface area contributed by atoms with Gasteiger partial charge in [-0.05, 0) is 45.2 Å². The predicted molar refractivity (Wildman–Crippen MR) is 59.8 cm³/mol. The highest BCUT2D eigenvalue weighted by Gasteiger charge is 2.11. The normalized spacial score (nSPS) is 17.1. The molecule has 2 nitrogen and oxygen atoms in total. The highest BCUT2D eigenvalue weighted by atomic mass is 15.1. The van der Waals surface area contributed by atoms with Crippen LogP contribution in [-0.4, -0.2) is 18.1 Å². The first-order valence-corrected chi connectivity index (χ1v) is 5.46. The Kier molecular flexibility index (Phi) is 2.71.